The van der Waals surface area contributed by atoms with Gasteiger partial charge in [-0.25, -0.2) is 9.67 Å². The summed E-state index contributed by atoms with van der Waals surface area (Å²) in [6.45, 7) is 16.7. The summed E-state index contributed by atoms with van der Waals surface area (Å²) in [5, 5.41) is 4.85. The SMILES string of the molecule is CCCCc1nc(CCCC)n(Cc2ccc(B3OC(C)(C)C(C)(C)O3)c(COCC)c2)n1. The highest BCUT2D eigenvalue weighted by atomic mass is 16.7. The normalized spacial score (nSPS) is 17.1. The number of rotatable bonds is 12. The minimum Gasteiger partial charge on any atom is -0.399 e. The minimum absolute atomic E-state index is 0.372. The molecule has 3 rings (SSSR count). The Morgan fingerprint density at radius 2 is 1.64 bits per heavy atom. The first kappa shape index (κ1) is 25.9. The number of aryl methyl sites for hydroxylation is 2. The molecule has 0 unspecified atom stereocenters. The number of hydrogen-bond donors (Lipinski definition) is 0. The molecule has 0 spiro atoms. The lowest BCUT2D eigenvalue weighted by Crippen LogP contribution is -2.41. The van der Waals surface area contributed by atoms with Crippen LogP contribution in [0.3, 0.4) is 0 Å². The molecule has 0 bridgehead atoms. The molecule has 182 valence electrons. The van der Waals surface area contributed by atoms with E-state index in [0.717, 1.165) is 61.2 Å². The molecule has 0 atom stereocenters. The number of benzene rings is 1. The second-order valence-corrected chi connectivity index (χ2v) is 10.1. The number of nitrogens with zero attached hydrogens (tertiary/aromatic N) is 3. The predicted molar refractivity (Wildman–Crippen MR) is 134 cm³/mol. The second kappa shape index (κ2) is 11.2. The summed E-state index contributed by atoms with van der Waals surface area (Å²) in [6.07, 6.45) is 6.46. The van der Waals surface area contributed by atoms with Crippen molar-refractivity contribution >= 4 is 12.6 Å². The van der Waals surface area contributed by atoms with Gasteiger partial charge in [0.05, 0.1) is 24.4 Å². The first-order chi connectivity index (χ1) is 15.7. The van der Waals surface area contributed by atoms with Crippen LogP contribution < -0.4 is 5.46 Å². The van der Waals surface area contributed by atoms with Crippen molar-refractivity contribution in [2.45, 2.75) is 111 Å². The van der Waals surface area contributed by atoms with Gasteiger partial charge >= 0.3 is 7.12 Å². The number of hydrogen-bond acceptors (Lipinski definition) is 5. The molecule has 1 fully saturated rings. The van der Waals surface area contributed by atoms with Gasteiger partial charge in [-0.15, -0.1) is 0 Å². The minimum atomic E-state index is -0.397. The average Bonchev–Trinajstić information content (AvgIpc) is 3.24. The van der Waals surface area contributed by atoms with Crippen molar-refractivity contribution in [1.29, 1.82) is 0 Å². The lowest BCUT2D eigenvalue weighted by atomic mass is 9.75. The van der Waals surface area contributed by atoms with Crippen LogP contribution >= 0.6 is 0 Å². The molecule has 0 aliphatic carbocycles. The van der Waals surface area contributed by atoms with Gasteiger partial charge in [-0.1, -0.05) is 44.9 Å². The van der Waals surface area contributed by atoms with Crippen molar-refractivity contribution in [2.75, 3.05) is 6.61 Å². The summed E-state index contributed by atoms with van der Waals surface area (Å²) < 4.78 is 20.6. The molecule has 0 saturated carbocycles. The van der Waals surface area contributed by atoms with Gasteiger partial charge in [0.1, 0.15) is 5.82 Å². The van der Waals surface area contributed by atoms with E-state index in [-0.39, 0.29) is 11.2 Å². The fourth-order valence-electron chi connectivity index (χ4n) is 3.98. The first-order valence-electron chi connectivity index (χ1n) is 12.7. The largest absolute Gasteiger partial charge is 0.495 e. The van der Waals surface area contributed by atoms with E-state index < -0.39 is 7.12 Å². The van der Waals surface area contributed by atoms with Crippen LogP contribution in [0.15, 0.2) is 18.2 Å². The van der Waals surface area contributed by atoms with Crippen LogP contribution in [0.1, 0.15) is 96.9 Å². The molecule has 0 amide bonds. The zero-order chi connectivity index (χ0) is 24.1. The van der Waals surface area contributed by atoms with Crippen molar-refractivity contribution < 1.29 is 14.0 Å². The number of aromatic nitrogens is 3. The zero-order valence-electron chi connectivity index (χ0n) is 21.7. The monoisotopic (exact) mass is 455 g/mol. The molecule has 2 heterocycles. The molecule has 0 N–H and O–H groups in total. The van der Waals surface area contributed by atoms with E-state index in [0.29, 0.717) is 19.8 Å². The Morgan fingerprint density at radius 3 is 2.27 bits per heavy atom. The molecule has 0 radical (unpaired) electrons. The summed E-state index contributed by atoms with van der Waals surface area (Å²) >= 11 is 0. The molecule has 1 aliphatic rings. The van der Waals surface area contributed by atoms with E-state index in [1.54, 1.807) is 0 Å². The summed E-state index contributed by atoms with van der Waals surface area (Å²) in [7, 11) is -0.397. The molecule has 2 aromatic rings. The maximum atomic E-state index is 6.33. The standard InChI is InChI=1S/C26H42BN3O3/c1-8-11-13-23-28-24(14-12-9-2)30(29-23)18-20-15-16-22(21(17-20)19-31-10-3)27-32-25(4,5)26(6,7)33-27/h15-17H,8-14,18-19H2,1-7H3. The van der Waals surface area contributed by atoms with Gasteiger partial charge in [-0.2, -0.15) is 5.10 Å². The van der Waals surface area contributed by atoms with Gasteiger partial charge < -0.3 is 14.0 Å². The maximum absolute atomic E-state index is 6.33. The maximum Gasteiger partial charge on any atom is 0.495 e. The Labute approximate surface area is 200 Å². The van der Waals surface area contributed by atoms with Gasteiger partial charge in [0.25, 0.3) is 0 Å². The van der Waals surface area contributed by atoms with Gasteiger partial charge in [0.2, 0.25) is 0 Å². The molecule has 1 aromatic carbocycles. The summed E-state index contributed by atoms with van der Waals surface area (Å²) in [4.78, 5) is 4.85. The third kappa shape index (κ3) is 6.25. The topological polar surface area (TPSA) is 58.4 Å². The Morgan fingerprint density at radius 1 is 0.970 bits per heavy atom. The summed E-state index contributed by atoms with van der Waals surface area (Å²) in [6, 6.07) is 6.51. The zero-order valence-corrected chi connectivity index (χ0v) is 21.7. The third-order valence-corrected chi connectivity index (χ3v) is 6.81. The van der Waals surface area contributed by atoms with Crippen LogP contribution in [0.25, 0.3) is 0 Å². The molecule has 1 saturated heterocycles. The Balaban J connectivity index is 1.86. The van der Waals surface area contributed by atoms with Crippen LogP contribution in [-0.2, 0) is 40.0 Å². The highest BCUT2D eigenvalue weighted by Crippen LogP contribution is 2.36. The van der Waals surface area contributed by atoms with Crippen molar-refractivity contribution in [2.24, 2.45) is 0 Å². The van der Waals surface area contributed by atoms with Crippen LogP contribution in [-0.4, -0.2) is 39.7 Å². The molecule has 7 heteroatoms. The van der Waals surface area contributed by atoms with E-state index in [4.69, 9.17) is 24.1 Å². The van der Waals surface area contributed by atoms with E-state index >= 15 is 0 Å². The highest BCUT2D eigenvalue weighted by molar-refractivity contribution is 6.62. The van der Waals surface area contributed by atoms with E-state index in [1.807, 2.05) is 6.92 Å². The number of unbranched alkanes of at least 4 members (excludes halogenated alkanes) is 2. The molecular formula is C26H42BN3O3. The lowest BCUT2D eigenvalue weighted by Gasteiger charge is -2.32. The van der Waals surface area contributed by atoms with E-state index in [2.05, 4.69) is 64.4 Å². The second-order valence-electron chi connectivity index (χ2n) is 10.1. The molecular weight excluding hydrogens is 413 g/mol. The smallest absolute Gasteiger partial charge is 0.399 e. The van der Waals surface area contributed by atoms with Crippen LogP contribution in [0, 0.1) is 0 Å². The Hall–Kier alpha value is -1.70. The van der Waals surface area contributed by atoms with Gasteiger partial charge in [0.15, 0.2) is 5.82 Å². The Kier molecular flexibility index (Phi) is 8.76. The van der Waals surface area contributed by atoms with Crippen LogP contribution in [0.2, 0.25) is 0 Å². The molecule has 1 aromatic heterocycles. The Bertz CT molecular complexity index is 894. The molecule has 6 nitrogen and oxygen atoms in total. The van der Waals surface area contributed by atoms with Crippen molar-refractivity contribution in [3.8, 4) is 0 Å². The van der Waals surface area contributed by atoms with Gasteiger partial charge in [-0.3, -0.25) is 0 Å². The van der Waals surface area contributed by atoms with Gasteiger partial charge in [-0.05, 0) is 64.1 Å². The first-order valence-corrected chi connectivity index (χ1v) is 12.7. The molecule has 33 heavy (non-hydrogen) atoms. The fourth-order valence-corrected chi connectivity index (χ4v) is 3.98. The van der Waals surface area contributed by atoms with Crippen LogP contribution in [0.5, 0.6) is 0 Å². The summed E-state index contributed by atoms with van der Waals surface area (Å²) in [5.41, 5.74) is 2.59. The fraction of sp³-hybridized carbons (Fsp3) is 0.692. The lowest BCUT2D eigenvalue weighted by molar-refractivity contribution is 0.00578. The average molecular weight is 455 g/mol. The molecule has 1 aliphatic heterocycles. The van der Waals surface area contributed by atoms with Gasteiger partial charge in [0, 0.05) is 19.4 Å². The third-order valence-electron chi connectivity index (χ3n) is 6.81. The quantitative estimate of drug-likeness (QED) is 0.429. The van der Waals surface area contributed by atoms with Crippen molar-refractivity contribution in [3.63, 3.8) is 0 Å². The van der Waals surface area contributed by atoms with Crippen molar-refractivity contribution in [3.05, 3.63) is 41.0 Å². The van der Waals surface area contributed by atoms with E-state index in [9.17, 15) is 0 Å². The van der Waals surface area contributed by atoms with Crippen molar-refractivity contribution in [1.82, 2.24) is 14.8 Å². The summed E-state index contributed by atoms with van der Waals surface area (Å²) in [5.74, 6) is 2.05. The predicted octanol–water partition coefficient (Wildman–Crippen LogP) is 4.85. The van der Waals surface area contributed by atoms with Crippen LogP contribution in [0.4, 0.5) is 0 Å². The number of ether oxygens (including phenoxy) is 1. The van der Waals surface area contributed by atoms with E-state index in [1.165, 1.54) is 5.56 Å². The highest BCUT2D eigenvalue weighted by Gasteiger charge is 2.52.